The van der Waals surface area contributed by atoms with Crippen molar-refractivity contribution in [2.24, 2.45) is 17.3 Å². The molecule has 1 fully saturated rings. The normalized spacial score (nSPS) is 27.9. The first-order chi connectivity index (χ1) is 9.16. The summed E-state index contributed by atoms with van der Waals surface area (Å²) in [6.07, 6.45) is 3.23. The Hall–Kier alpha value is -1.26. The van der Waals surface area contributed by atoms with Gasteiger partial charge in [-0.3, -0.25) is 0 Å². The average Bonchev–Trinajstić information content (AvgIpc) is 2.65. The largest absolute Gasteiger partial charge is 0.480 e. The van der Waals surface area contributed by atoms with Crippen LogP contribution in [0.5, 0.6) is 0 Å². The summed E-state index contributed by atoms with van der Waals surface area (Å²) < 4.78 is 0. The van der Waals surface area contributed by atoms with Gasteiger partial charge in [0.05, 0.1) is 0 Å². The molecule has 5 heteroatoms. The van der Waals surface area contributed by atoms with E-state index in [1.807, 2.05) is 0 Å². The number of carbonyl (C=O) groups is 2. The number of amides is 2. The molecular weight excluding hydrogens is 256 g/mol. The lowest BCUT2D eigenvalue weighted by Crippen LogP contribution is -2.54. The van der Waals surface area contributed by atoms with Crippen molar-refractivity contribution < 1.29 is 14.7 Å². The second-order valence-corrected chi connectivity index (χ2v) is 6.97. The Bertz CT molecular complexity index is 363. The Morgan fingerprint density at radius 2 is 1.90 bits per heavy atom. The first-order valence-corrected chi connectivity index (χ1v) is 7.46. The number of rotatable bonds is 4. The van der Waals surface area contributed by atoms with E-state index >= 15 is 0 Å². The molecule has 2 amide bonds. The molecule has 4 atom stereocenters. The molecule has 0 radical (unpaired) electrons. The van der Waals surface area contributed by atoms with Gasteiger partial charge in [-0.2, -0.15) is 0 Å². The second kappa shape index (κ2) is 6.46. The van der Waals surface area contributed by atoms with Crippen molar-refractivity contribution in [3.8, 4) is 0 Å². The molecule has 0 heterocycles. The van der Waals surface area contributed by atoms with Gasteiger partial charge in [0.2, 0.25) is 0 Å². The Kier molecular flexibility index (Phi) is 5.42. The quantitative estimate of drug-likeness (QED) is 0.742. The summed E-state index contributed by atoms with van der Waals surface area (Å²) in [5.74, 6) is 0.0976. The molecule has 1 aliphatic carbocycles. The van der Waals surface area contributed by atoms with Crippen LogP contribution in [-0.2, 0) is 4.79 Å². The van der Waals surface area contributed by atoms with E-state index in [9.17, 15) is 14.7 Å². The number of aliphatic carboxylic acids is 1. The topological polar surface area (TPSA) is 78.4 Å². The fraction of sp³-hybridized carbons (Fsp3) is 0.867. The lowest BCUT2D eigenvalue weighted by atomic mass is 9.87. The molecule has 5 nitrogen and oxygen atoms in total. The Labute approximate surface area is 121 Å². The highest BCUT2D eigenvalue weighted by molar-refractivity contribution is 5.83. The maximum Gasteiger partial charge on any atom is 0.326 e. The van der Waals surface area contributed by atoms with Gasteiger partial charge in [-0.1, -0.05) is 41.0 Å². The fourth-order valence-corrected chi connectivity index (χ4v) is 3.02. The Balaban J connectivity index is 2.57. The van der Waals surface area contributed by atoms with E-state index in [0.717, 1.165) is 19.3 Å². The number of nitrogens with one attached hydrogen (secondary N) is 2. The molecule has 3 unspecified atom stereocenters. The van der Waals surface area contributed by atoms with Gasteiger partial charge in [-0.15, -0.1) is 0 Å². The van der Waals surface area contributed by atoms with Gasteiger partial charge in [0.15, 0.2) is 0 Å². The first kappa shape index (κ1) is 16.8. The maximum atomic E-state index is 12.0. The third-order valence-corrected chi connectivity index (χ3v) is 4.46. The predicted molar refractivity (Wildman–Crippen MR) is 78.5 cm³/mol. The molecule has 0 aromatic carbocycles. The summed E-state index contributed by atoms with van der Waals surface area (Å²) in [7, 11) is 0. The molecule has 0 saturated heterocycles. The van der Waals surface area contributed by atoms with Crippen molar-refractivity contribution >= 4 is 12.0 Å². The summed E-state index contributed by atoms with van der Waals surface area (Å²) in [6.45, 7) is 9.74. The molecule has 1 aliphatic rings. The third kappa shape index (κ3) is 4.12. The van der Waals surface area contributed by atoms with E-state index in [2.05, 4.69) is 24.5 Å². The fourth-order valence-electron chi connectivity index (χ4n) is 3.02. The van der Waals surface area contributed by atoms with Gasteiger partial charge >= 0.3 is 12.0 Å². The van der Waals surface area contributed by atoms with Gasteiger partial charge in [-0.05, 0) is 30.1 Å². The van der Waals surface area contributed by atoms with Gasteiger partial charge in [0.25, 0.3) is 0 Å². The average molecular weight is 284 g/mol. The van der Waals surface area contributed by atoms with Gasteiger partial charge in [0.1, 0.15) is 6.04 Å². The lowest BCUT2D eigenvalue weighted by Gasteiger charge is -2.29. The molecular formula is C15H28N2O3. The summed E-state index contributed by atoms with van der Waals surface area (Å²) in [5, 5.41) is 14.7. The molecule has 0 aliphatic heterocycles. The van der Waals surface area contributed by atoms with Gasteiger partial charge < -0.3 is 15.7 Å². The van der Waals surface area contributed by atoms with Crippen LogP contribution in [0.1, 0.15) is 53.9 Å². The molecule has 0 aromatic heterocycles. The molecule has 116 valence electrons. The zero-order chi connectivity index (χ0) is 15.5. The number of carboxylic acid groups (broad SMARTS) is 1. The van der Waals surface area contributed by atoms with E-state index < -0.39 is 17.4 Å². The lowest BCUT2D eigenvalue weighted by molar-refractivity contribution is -0.141. The van der Waals surface area contributed by atoms with E-state index in [4.69, 9.17) is 0 Å². The van der Waals surface area contributed by atoms with Crippen LogP contribution in [0.2, 0.25) is 0 Å². The van der Waals surface area contributed by atoms with Crippen LogP contribution in [0, 0.1) is 17.3 Å². The standard InChI is InChI=1S/C15H28N2O3/c1-6-10-7-8-11(9(10)2)16-14(20)17-12(13(18)19)15(3,4)5/h9-12H,6-8H2,1-5H3,(H,18,19)(H2,16,17,20)/t9?,10?,11?,12-/m0/s1. The number of carbonyl (C=O) groups excluding carboxylic acids is 1. The molecule has 20 heavy (non-hydrogen) atoms. The minimum atomic E-state index is -1.00. The number of carboxylic acids is 1. The Morgan fingerprint density at radius 3 is 2.30 bits per heavy atom. The number of urea groups is 1. The van der Waals surface area contributed by atoms with Crippen molar-refractivity contribution in [1.82, 2.24) is 10.6 Å². The van der Waals surface area contributed by atoms with Crippen molar-refractivity contribution in [3.05, 3.63) is 0 Å². The van der Waals surface area contributed by atoms with Crippen LogP contribution in [0.25, 0.3) is 0 Å². The smallest absolute Gasteiger partial charge is 0.326 e. The van der Waals surface area contributed by atoms with Crippen molar-refractivity contribution in [1.29, 1.82) is 0 Å². The van der Waals surface area contributed by atoms with Crippen LogP contribution in [0.15, 0.2) is 0 Å². The van der Waals surface area contributed by atoms with Crippen LogP contribution < -0.4 is 10.6 Å². The first-order valence-electron chi connectivity index (χ1n) is 7.46. The van der Waals surface area contributed by atoms with Crippen LogP contribution in [0.3, 0.4) is 0 Å². The van der Waals surface area contributed by atoms with Gasteiger partial charge in [0, 0.05) is 6.04 Å². The molecule has 1 rings (SSSR count). The molecule has 0 bridgehead atoms. The van der Waals surface area contributed by atoms with Crippen molar-refractivity contribution in [2.45, 2.75) is 66.0 Å². The van der Waals surface area contributed by atoms with Crippen molar-refractivity contribution in [3.63, 3.8) is 0 Å². The predicted octanol–water partition coefficient (Wildman–Crippen LogP) is 2.61. The second-order valence-electron chi connectivity index (χ2n) is 6.97. The van der Waals surface area contributed by atoms with Crippen LogP contribution in [-0.4, -0.2) is 29.2 Å². The van der Waals surface area contributed by atoms with E-state index in [1.54, 1.807) is 20.8 Å². The van der Waals surface area contributed by atoms with Crippen molar-refractivity contribution in [2.75, 3.05) is 0 Å². The molecule has 3 N–H and O–H groups in total. The zero-order valence-corrected chi connectivity index (χ0v) is 13.2. The Morgan fingerprint density at radius 1 is 1.30 bits per heavy atom. The highest BCUT2D eigenvalue weighted by Crippen LogP contribution is 2.33. The minimum absolute atomic E-state index is 0.148. The maximum absolute atomic E-state index is 12.0. The number of hydrogen-bond donors (Lipinski definition) is 3. The molecule has 0 aromatic rings. The molecule has 1 saturated carbocycles. The molecule has 0 spiro atoms. The van der Waals surface area contributed by atoms with E-state index in [-0.39, 0.29) is 12.1 Å². The highest BCUT2D eigenvalue weighted by Gasteiger charge is 2.35. The monoisotopic (exact) mass is 284 g/mol. The summed E-state index contributed by atoms with van der Waals surface area (Å²) >= 11 is 0. The third-order valence-electron chi connectivity index (χ3n) is 4.46. The zero-order valence-electron chi connectivity index (χ0n) is 13.2. The highest BCUT2D eigenvalue weighted by atomic mass is 16.4. The summed E-state index contributed by atoms with van der Waals surface area (Å²) in [5.41, 5.74) is -0.517. The van der Waals surface area contributed by atoms with E-state index in [1.165, 1.54) is 0 Å². The SMILES string of the molecule is CCC1CCC(NC(=O)N[C@@H](C(=O)O)C(C)(C)C)C1C. The number of hydrogen-bond acceptors (Lipinski definition) is 2. The minimum Gasteiger partial charge on any atom is -0.480 e. The van der Waals surface area contributed by atoms with Gasteiger partial charge in [-0.25, -0.2) is 9.59 Å². The summed E-state index contributed by atoms with van der Waals surface area (Å²) in [4.78, 5) is 23.3. The summed E-state index contributed by atoms with van der Waals surface area (Å²) in [6, 6.07) is -1.11. The van der Waals surface area contributed by atoms with Crippen LogP contribution in [0.4, 0.5) is 4.79 Å². The van der Waals surface area contributed by atoms with Crippen LogP contribution >= 0.6 is 0 Å². The van der Waals surface area contributed by atoms with E-state index in [0.29, 0.717) is 11.8 Å².